The summed E-state index contributed by atoms with van der Waals surface area (Å²) in [5, 5.41) is 0. The maximum absolute atomic E-state index is 12.3. The second-order valence-electron chi connectivity index (χ2n) is 6.00. The van der Waals surface area contributed by atoms with Crippen LogP contribution in [0.3, 0.4) is 0 Å². The summed E-state index contributed by atoms with van der Waals surface area (Å²) in [6, 6.07) is 5.94. The molecule has 1 fully saturated rings. The topological polar surface area (TPSA) is 46.3 Å². The minimum Gasteiger partial charge on any atom is -0.398 e. The van der Waals surface area contributed by atoms with Crippen molar-refractivity contribution in [3.05, 3.63) is 29.3 Å². The van der Waals surface area contributed by atoms with E-state index in [1.54, 1.807) is 0 Å². The quantitative estimate of drug-likeness (QED) is 0.787. The van der Waals surface area contributed by atoms with Gasteiger partial charge in [0.15, 0.2) is 0 Å². The molecule has 0 aromatic heterocycles. The summed E-state index contributed by atoms with van der Waals surface area (Å²) >= 11 is 0. The number of fused-ring (bicyclic) bond motifs is 1. The van der Waals surface area contributed by atoms with E-state index in [1.165, 1.54) is 37.7 Å². The minimum absolute atomic E-state index is 0.0835. The Morgan fingerprint density at radius 2 is 1.95 bits per heavy atom. The second-order valence-corrected chi connectivity index (χ2v) is 6.00. The van der Waals surface area contributed by atoms with Crippen molar-refractivity contribution in [2.45, 2.75) is 38.0 Å². The second kappa shape index (κ2) is 4.87. The van der Waals surface area contributed by atoms with Crippen molar-refractivity contribution in [3.8, 4) is 0 Å². The molecular weight excluding hydrogens is 236 g/mol. The zero-order valence-electron chi connectivity index (χ0n) is 11.6. The van der Waals surface area contributed by atoms with Crippen LogP contribution in [0, 0.1) is 5.92 Å². The van der Waals surface area contributed by atoms with E-state index in [4.69, 9.17) is 5.73 Å². The van der Waals surface area contributed by atoms with Gasteiger partial charge in [0.2, 0.25) is 0 Å². The monoisotopic (exact) mass is 258 g/mol. The van der Waals surface area contributed by atoms with Crippen LogP contribution < -0.4 is 5.73 Å². The van der Waals surface area contributed by atoms with Crippen LogP contribution in [0.15, 0.2) is 18.2 Å². The number of nitrogen functional groups attached to an aromatic ring is 1. The van der Waals surface area contributed by atoms with Crippen molar-refractivity contribution in [3.63, 3.8) is 0 Å². The summed E-state index contributed by atoms with van der Waals surface area (Å²) in [4.78, 5) is 14.2. The van der Waals surface area contributed by atoms with E-state index in [9.17, 15) is 4.79 Å². The number of anilines is 1. The molecule has 1 atom stereocenters. The van der Waals surface area contributed by atoms with Gasteiger partial charge < -0.3 is 10.6 Å². The summed E-state index contributed by atoms with van der Waals surface area (Å²) in [5.41, 5.74) is 8.62. The summed E-state index contributed by atoms with van der Waals surface area (Å²) in [7, 11) is 1.90. The number of hydrogen-bond donors (Lipinski definition) is 1. The highest BCUT2D eigenvalue weighted by Gasteiger charge is 2.35. The summed E-state index contributed by atoms with van der Waals surface area (Å²) in [6.45, 7) is 0.847. The zero-order chi connectivity index (χ0) is 13.4. The van der Waals surface area contributed by atoms with Crippen LogP contribution in [0.25, 0.3) is 0 Å². The van der Waals surface area contributed by atoms with Gasteiger partial charge in [-0.05, 0) is 30.4 Å². The highest BCUT2D eigenvalue weighted by Crippen LogP contribution is 2.41. The first-order chi connectivity index (χ1) is 9.18. The molecule has 102 valence electrons. The Morgan fingerprint density at radius 3 is 2.68 bits per heavy atom. The van der Waals surface area contributed by atoms with Crippen molar-refractivity contribution >= 4 is 11.6 Å². The highest BCUT2D eigenvalue weighted by atomic mass is 16.2. The molecule has 0 bridgehead atoms. The van der Waals surface area contributed by atoms with Crippen molar-refractivity contribution in [2.24, 2.45) is 5.92 Å². The molecule has 2 aliphatic rings. The van der Waals surface area contributed by atoms with Crippen LogP contribution in [-0.4, -0.2) is 24.4 Å². The molecule has 3 nitrogen and oxygen atoms in total. The van der Waals surface area contributed by atoms with Crippen LogP contribution >= 0.6 is 0 Å². The van der Waals surface area contributed by atoms with E-state index in [2.05, 4.69) is 6.07 Å². The Morgan fingerprint density at radius 1 is 1.21 bits per heavy atom. The molecule has 3 heteroatoms. The Labute approximate surface area is 114 Å². The number of nitrogens with two attached hydrogens (primary N) is 1. The molecule has 1 unspecified atom stereocenters. The van der Waals surface area contributed by atoms with Gasteiger partial charge in [0.1, 0.15) is 0 Å². The first kappa shape index (κ1) is 12.5. The lowest BCUT2D eigenvalue weighted by molar-refractivity contribution is 0.0743. The van der Waals surface area contributed by atoms with Gasteiger partial charge in [0.25, 0.3) is 5.91 Å². The average molecular weight is 258 g/mol. The van der Waals surface area contributed by atoms with E-state index in [1.807, 2.05) is 24.1 Å². The standard InChI is InChI=1S/C16H22N2O/c1-18-10-13(11-6-3-2-4-7-11)12-8-5-9-14(17)15(12)16(18)19/h5,8-9,11,13H,2-4,6-7,10,17H2,1H3. The predicted octanol–water partition coefficient (Wildman–Crippen LogP) is 3.02. The predicted molar refractivity (Wildman–Crippen MR) is 77.1 cm³/mol. The third-order valence-electron chi connectivity index (χ3n) is 4.78. The molecule has 1 heterocycles. The van der Waals surface area contributed by atoms with Gasteiger partial charge in [0.05, 0.1) is 5.56 Å². The number of carbonyl (C=O) groups excluding carboxylic acids is 1. The molecule has 1 aliphatic carbocycles. The number of rotatable bonds is 1. The van der Waals surface area contributed by atoms with Crippen LogP contribution in [0.5, 0.6) is 0 Å². The molecular formula is C16H22N2O. The number of nitrogens with zero attached hydrogens (tertiary/aromatic N) is 1. The molecule has 3 rings (SSSR count). The number of hydrogen-bond acceptors (Lipinski definition) is 2. The van der Waals surface area contributed by atoms with Crippen LogP contribution in [0.1, 0.15) is 53.9 Å². The van der Waals surface area contributed by atoms with Gasteiger partial charge in [-0.25, -0.2) is 0 Å². The lowest BCUT2D eigenvalue weighted by atomic mass is 9.73. The van der Waals surface area contributed by atoms with Gasteiger partial charge >= 0.3 is 0 Å². The summed E-state index contributed by atoms with van der Waals surface area (Å²) < 4.78 is 0. The van der Waals surface area contributed by atoms with Gasteiger partial charge in [-0.2, -0.15) is 0 Å². The van der Waals surface area contributed by atoms with Crippen LogP contribution in [0.4, 0.5) is 5.69 Å². The highest BCUT2D eigenvalue weighted by molar-refractivity contribution is 6.01. The van der Waals surface area contributed by atoms with E-state index in [0.717, 1.165) is 12.1 Å². The molecule has 1 amide bonds. The summed E-state index contributed by atoms with van der Waals surface area (Å²) in [6.07, 6.45) is 6.61. The fraction of sp³-hybridized carbons (Fsp3) is 0.562. The maximum Gasteiger partial charge on any atom is 0.255 e. The minimum atomic E-state index is 0.0835. The normalized spacial score (nSPS) is 24.4. The Hall–Kier alpha value is -1.51. The molecule has 0 spiro atoms. The average Bonchev–Trinajstić information content (AvgIpc) is 2.43. The fourth-order valence-corrected chi connectivity index (χ4v) is 3.75. The zero-order valence-corrected chi connectivity index (χ0v) is 11.6. The van der Waals surface area contributed by atoms with E-state index >= 15 is 0 Å². The fourth-order valence-electron chi connectivity index (χ4n) is 3.75. The first-order valence-corrected chi connectivity index (χ1v) is 7.32. The van der Waals surface area contributed by atoms with E-state index in [-0.39, 0.29) is 5.91 Å². The Bertz CT molecular complexity index is 492. The number of likely N-dealkylation sites (N-methyl/N-ethyl adjacent to an activating group) is 1. The van der Waals surface area contributed by atoms with Crippen LogP contribution in [-0.2, 0) is 0 Å². The van der Waals surface area contributed by atoms with Crippen LogP contribution in [0.2, 0.25) is 0 Å². The molecule has 1 saturated carbocycles. The lowest BCUT2D eigenvalue weighted by Crippen LogP contribution is -2.40. The smallest absolute Gasteiger partial charge is 0.255 e. The van der Waals surface area contributed by atoms with Crippen molar-refractivity contribution in [2.75, 3.05) is 19.3 Å². The Kier molecular flexibility index (Phi) is 3.21. The molecule has 1 aromatic carbocycles. The molecule has 0 saturated heterocycles. The van der Waals surface area contributed by atoms with Gasteiger partial charge in [-0.3, -0.25) is 4.79 Å². The van der Waals surface area contributed by atoms with E-state index < -0.39 is 0 Å². The largest absolute Gasteiger partial charge is 0.398 e. The third-order valence-corrected chi connectivity index (χ3v) is 4.78. The summed E-state index contributed by atoms with van der Waals surface area (Å²) in [5.74, 6) is 1.27. The van der Waals surface area contributed by atoms with Crippen molar-refractivity contribution < 1.29 is 4.79 Å². The molecule has 2 N–H and O–H groups in total. The van der Waals surface area contributed by atoms with Gasteiger partial charge in [0, 0.05) is 25.2 Å². The SMILES string of the molecule is CN1CC(C2CCCCC2)c2cccc(N)c2C1=O. The lowest BCUT2D eigenvalue weighted by Gasteiger charge is -2.38. The van der Waals surface area contributed by atoms with Crippen molar-refractivity contribution in [1.82, 2.24) is 4.90 Å². The molecule has 1 aromatic rings. The van der Waals surface area contributed by atoms with Gasteiger partial charge in [-0.15, -0.1) is 0 Å². The molecule has 1 aliphatic heterocycles. The Balaban J connectivity index is 2.01. The maximum atomic E-state index is 12.3. The van der Waals surface area contributed by atoms with E-state index in [0.29, 0.717) is 17.5 Å². The van der Waals surface area contributed by atoms with Crippen molar-refractivity contribution in [1.29, 1.82) is 0 Å². The number of amides is 1. The molecule has 0 radical (unpaired) electrons. The molecule has 19 heavy (non-hydrogen) atoms. The number of carbonyl (C=O) groups is 1. The third kappa shape index (κ3) is 2.11. The first-order valence-electron chi connectivity index (χ1n) is 7.32. The number of benzene rings is 1. The van der Waals surface area contributed by atoms with Gasteiger partial charge in [-0.1, -0.05) is 31.4 Å².